The Morgan fingerprint density at radius 1 is 1.27 bits per heavy atom. The van der Waals surface area contributed by atoms with Crippen LogP contribution in [0.1, 0.15) is 25.0 Å². The molecule has 1 aliphatic rings. The summed E-state index contributed by atoms with van der Waals surface area (Å²) in [4.78, 5) is 0. The first-order chi connectivity index (χ1) is 6.81. The highest BCUT2D eigenvalue weighted by atomic mass is 19.4. The normalized spacial score (nSPS) is 18.5. The molecule has 2 rings (SSSR count). The van der Waals surface area contributed by atoms with Crippen molar-refractivity contribution in [2.45, 2.75) is 25.4 Å². The van der Waals surface area contributed by atoms with E-state index in [1.807, 2.05) is 13.8 Å². The summed E-state index contributed by atoms with van der Waals surface area (Å²) in [6.07, 6.45) is -4.26. The van der Waals surface area contributed by atoms with Gasteiger partial charge in [0, 0.05) is 17.6 Å². The number of alkyl halides is 3. The average molecular weight is 215 g/mol. The van der Waals surface area contributed by atoms with E-state index < -0.39 is 11.7 Å². The molecule has 0 fully saturated rings. The quantitative estimate of drug-likeness (QED) is 0.699. The molecule has 1 nitrogen and oxygen atoms in total. The van der Waals surface area contributed by atoms with Gasteiger partial charge in [0.2, 0.25) is 0 Å². The summed E-state index contributed by atoms with van der Waals surface area (Å²) < 4.78 is 37.5. The Balaban J connectivity index is 2.51. The molecule has 0 bridgehead atoms. The maximum absolute atomic E-state index is 12.5. The second-order valence-electron chi connectivity index (χ2n) is 4.50. The zero-order valence-electron chi connectivity index (χ0n) is 8.57. The molecular formula is C11H12F3N. The Hall–Kier alpha value is -1.19. The summed E-state index contributed by atoms with van der Waals surface area (Å²) in [5.41, 5.74) is 0.764. The number of benzene rings is 1. The van der Waals surface area contributed by atoms with E-state index in [0.717, 1.165) is 17.3 Å². The van der Waals surface area contributed by atoms with Crippen molar-refractivity contribution in [1.29, 1.82) is 0 Å². The topological polar surface area (TPSA) is 12.0 Å². The van der Waals surface area contributed by atoms with Gasteiger partial charge in [0.05, 0.1) is 5.56 Å². The number of hydrogen-bond donors (Lipinski definition) is 1. The summed E-state index contributed by atoms with van der Waals surface area (Å²) in [7, 11) is 0. The maximum atomic E-state index is 12.5. The third kappa shape index (κ3) is 1.68. The van der Waals surface area contributed by atoms with Gasteiger partial charge in [-0.05, 0) is 23.8 Å². The van der Waals surface area contributed by atoms with Crippen molar-refractivity contribution >= 4 is 5.69 Å². The Morgan fingerprint density at radius 3 is 2.53 bits per heavy atom. The molecule has 15 heavy (non-hydrogen) atoms. The number of hydrogen-bond acceptors (Lipinski definition) is 1. The molecule has 1 N–H and O–H groups in total. The zero-order valence-corrected chi connectivity index (χ0v) is 8.57. The van der Waals surface area contributed by atoms with Crippen molar-refractivity contribution in [3.8, 4) is 0 Å². The van der Waals surface area contributed by atoms with Gasteiger partial charge < -0.3 is 5.32 Å². The molecular weight excluding hydrogens is 203 g/mol. The van der Waals surface area contributed by atoms with Crippen LogP contribution in [0.15, 0.2) is 18.2 Å². The molecule has 0 aromatic heterocycles. The lowest BCUT2D eigenvalue weighted by Gasteiger charge is -2.18. The van der Waals surface area contributed by atoms with Crippen LogP contribution in [0, 0.1) is 0 Å². The number of nitrogens with one attached hydrogen (secondary N) is 1. The molecule has 1 aromatic carbocycles. The fourth-order valence-corrected chi connectivity index (χ4v) is 1.85. The first-order valence-electron chi connectivity index (χ1n) is 4.76. The molecule has 0 unspecified atom stereocenters. The summed E-state index contributed by atoms with van der Waals surface area (Å²) in [6.45, 7) is 4.56. The van der Waals surface area contributed by atoms with Gasteiger partial charge in [0.15, 0.2) is 0 Å². The minimum absolute atomic E-state index is 0.226. The number of halogens is 3. The van der Waals surface area contributed by atoms with Gasteiger partial charge in [-0.2, -0.15) is 13.2 Å². The van der Waals surface area contributed by atoms with Crippen molar-refractivity contribution < 1.29 is 13.2 Å². The monoisotopic (exact) mass is 215 g/mol. The van der Waals surface area contributed by atoms with Crippen molar-refractivity contribution in [2.24, 2.45) is 0 Å². The van der Waals surface area contributed by atoms with E-state index in [4.69, 9.17) is 0 Å². The molecule has 4 heteroatoms. The largest absolute Gasteiger partial charge is 0.416 e. The molecule has 1 heterocycles. The van der Waals surface area contributed by atoms with Gasteiger partial charge in [-0.1, -0.05) is 13.8 Å². The van der Waals surface area contributed by atoms with Crippen LogP contribution in [0.25, 0.3) is 0 Å². The van der Waals surface area contributed by atoms with Crippen molar-refractivity contribution in [2.75, 3.05) is 11.9 Å². The molecule has 0 radical (unpaired) electrons. The highest BCUT2D eigenvalue weighted by Gasteiger charge is 2.35. The SMILES string of the molecule is CC1(C)CNc2ccc(C(F)(F)F)cc21. The summed E-state index contributed by atoms with van der Waals surface area (Å²) in [6, 6.07) is 3.87. The summed E-state index contributed by atoms with van der Waals surface area (Å²) >= 11 is 0. The first kappa shape index (κ1) is 10.3. The molecule has 0 atom stereocenters. The van der Waals surface area contributed by atoms with E-state index in [1.165, 1.54) is 12.1 Å². The average Bonchev–Trinajstić information content (AvgIpc) is 2.41. The highest BCUT2D eigenvalue weighted by molar-refractivity contribution is 5.61. The van der Waals surface area contributed by atoms with Crippen LogP contribution in [-0.4, -0.2) is 6.54 Å². The summed E-state index contributed by atoms with van der Waals surface area (Å²) in [5, 5.41) is 3.10. The van der Waals surface area contributed by atoms with E-state index in [-0.39, 0.29) is 5.41 Å². The minimum atomic E-state index is -4.26. The molecule has 82 valence electrons. The Bertz CT molecular complexity index is 393. The molecule has 1 aliphatic heterocycles. The Kier molecular flexibility index (Phi) is 2.00. The van der Waals surface area contributed by atoms with Crippen LogP contribution in [0.3, 0.4) is 0 Å². The van der Waals surface area contributed by atoms with Crippen LogP contribution >= 0.6 is 0 Å². The fraction of sp³-hybridized carbons (Fsp3) is 0.455. The minimum Gasteiger partial charge on any atom is -0.384 e. The van der Waals surface area contributed by atoms with Crippen LogP contribution in [0.5, 0.6) is 0 Å². The Labute approximate surface area is 86.3 Å². The smallest absolute Gasteiger partial charge is 0.384 e. The molecule has 0 spiro atoms. The van der Waals surface area contributed by atoms with Crippen molar-refractivity contribution in [1.82, 2.24) is 0 Å². The van der Waals surface area contributed by atoms with E-state index in [1.54, 1.807) is 0 Å². The lowest BCUT2D eigenvalue weighted by molar-refractivity contribution is -0.137. The van der Waals surface area contributed by atoms with Crippen molar-refractivity contribution in [3.63, 3.8) is 0 Å². The fourth-order valence-electron chi connectivity index (χ4n) is 1.85. The predicted molar refractivity (Wildman–Crippen MR) is 53.0 cm³/mol. The van der Waals surface area contributed by atoms with Gasteiger partial charge in [-0.3, -0.25) is 0 Å². The second-order valence-corrected chi connectivity index (χ2v) is 4.50. The van der Waals surface area contributed by atoms with Gasteiger partial charge >= 0.3 is 6.18 Å². The first-order valence-corrected chi connectivity index (χ1v) is 4.76. The molecule has 0 saturated heterocycles. The van der Waals surface area contributed by atoms with E-state index in [2.05, 4.69) is 5.32 Å². The predicted octanol–water partition coefficient (Wildman–Crippen LogP) is 3.41. The van der Waals surface area contributed by atoms with Gasteiger partial charge in [-0.25, -0.2) is 0 Å². The standard InChI is InChI=1S/C11H12F3N/c1-10(2)6-15-9-4-3-7(5-8(9)10)11(12,13)14/h3-5,15H,6H2,1-2H3. The van der Waals surface area contributed by atoms with Gasteiger partial charge in [-0.15, -0.1) is 0 Å². The van der Waals surface area contributed by atoms with Crippen LogP contribution in [0.4, 0.5) is 18.9 Å². The zero-order chi connectivity index (χ0) is 11.3. The Morgan fingerprint density at radius 2 is 1.93 bits per heavy atom. The van der Waals surface area contributed by atoms with E-state index in [9.17, 15) is 13.2 Å². The van der Waals surface area contributed by atoms with Crippen LogP contribution in [0.2, 0.25) is 0 Å². The molecule has 0 amide bonds. The summed E-state index contributed by atoms with van der Waals surface area (Å²) in [5.74, 6) is 0. The third-order valence-electron chi connectivity index (χ3n) is 2.80. The molecule has 0 aliphatic carbocycles. The maximum Gasteiger partial charge on any atom is 0.416 e. The second kappa shape index (κ2) is 2.90. The number of anilines is 1. The van der Waals surface area contributed by atoms with Crippen LogP contribution in [-0.2, 0) is 11.6 Å². The highest BCUT2D eigenvalue weighted by Crippen LogP contribution is 2.40. The van der Waals surface area contributed by atoms with Gasteiger partial charge in [0.1, 0.15) is 0 Å². The molecule has 0 saturated carbocycles. The van der Waals surface area contributed by atoms with Crippen LogP contribution < -0.4 is 5.32 Å². The number of rotatable bonds is 0. The lowest BCUT2D eigenvalue weighted by atomic mass is 9.86. The van der Waals surface area contributed by atoms with Crippen molar-refractivity contribution in [3.05, 3.63) is 29.3 Å². The van der Waals surface area contributed by atoms with E-state index >= 15 is 0 Å². The van der Waals surface area contributed by atoms with Gasteiger partial charge in [0.25, 0.3) is 0 Å². The molecule has 1 aromatic rings. The van der Waals surface area contributed by atoms with E-state index in [0.29, 0.717) is 6.54 Å². The lowest BCUT2D eigenvalue weighted by Crippen LogP contribution is -2.19. The number of fused-ring (bicyclic) bond motifs is 1. The third-order valence-corrected chi connectivity index (χ3v) is 2.80.